The quantitative estimate of drug-likeness (QED) is 0.123. The van der Waals surface area contributed by atoms with Crippen molar-refractivity contribution in [1.29, 1.82) is 0 Å². The van der Waals surface area contributed by atoms with E-state index in [2.05, 4.69) is 204 Å². The van der Waals surface area contributed by atoms with Gasteiger partial charge in [-0.2, -0.15) is 0 Å². The van der Waals surface area contributed by atoms with Gasteiger partial charge < -0.3 is 4.74 Å². The Balaban J connectivity index is 1.08. The van der Waals surface area contributed by atoms with E-state index < -0.39 is 6.85 Å². The zero-order valence-electron chi connectivity index (χ0n) is 43.3. The van der Waals surface area contributed by atoms with Crippen molar-refractivity contribution in [3.05, 3.63) is 174 Å². The Morgan fingerprint density at radius 2 is 1.17 bits per heavy atom. The van der Waals surface area contributed by atoms with Gasteiger partial charge in [0.15, 0.2) is 18.0 Å². The van der Waals surface area contributed by atoms with Crippen molar-refractivity contribution in [2.24, 2.45) is 0 Å². The van der Waals surface area contributed by atoms with Crippen LogP contribution in [0.5, 0.6) is 11.5 Å². The molecule has 0 N–H and O–H groups in total. The highest BCUT2D eigenvalue weighted by Gasteiger charge is 2.63. The highest BCUT2D eigenvalue weighted by atomic mass is 16.5. The Labute approximate surface area is 391 Å². The van der Waals surface area contributed by atoms with E-state index in [0.717, 1.165) is 50.4 Å². The number of benzene rings is 6. The summed E-state index contributed by atoms with van der Waals surface area (Å²) in [5.41, 5.74) is 13.7. The van der Waals surface area contributed by atoms with E-state index in [1.807, 2.05) is 24.4 Å². The molecule has 0 saturated carbocycles. The van der Waals surface area contributed by atoms with Crippen LogP contribution in [0.4, 0.5) is 22.7 Å². The van der Waals surface area contributed by atoms with Gasteiger partial charge in [-0.1, -0.05) is 138 Å². The summed E-state index contributed by atoms with van der Waals surface area (Å²) in [4.78, 5) is 5.00. The average Bonchev–Trinajstić information content (AvgIpc) is 3.86. The van der Waals surface area contributed by atoms with Gasteiger partial charge in [0.05, 0.1) is 17.7 Å². The SMILES string of the molecule is [2H]C([2H])([2H])c1cccc2c1[N@@+]1(c3cccc(C(C)(C)C)c3)[CH-][N@+]2(c2cccc(Oc3ccc4c5cc(-c6cc(C(C)(C)C)cc(C(C)(C)C)c6)ccc5n(-c5cc(C(C)(C)C)ccn5)c4c3)c2)C1. The Hall–Kier alpha value is -6.01. The standard InChI is InChI=1S/C60H65N4O/c1-39-17-14-22-54-56(39)64(46-19-15-18-42(33-46)57(2,3)4)37-63(54,38-64)47-20-16-21-48(35-47)65-49-24-25-50-51-31-40(41-29-44(59(8,9)10)32-45(30-41)60(11,12)13)23-26-52(51)62(53(50)36-49)55-34-43(27-28-61-55)58(5,6)7/h14-37H,38H2,1-13H3/q+1/t63-,64+/m1/s1/i1D3. The number of aryl methyl sites for hydroxylation is 1. The maximum Gasteiger partial charge on any atom is 0.186 e. The minimum atomic E-state index is -2.28. The molecule has 3 aliphatic heterocycles. The van der Waals surface area contributed by atoms with Gasteiger partial charge in [-0.05, 0) is 116 Å². The second-order valence-corrected chi connectivity index (χ2v) is 22.8. The molecule has 2 aromatic heterocycles. The smallest absolute Gasteiger partial charge is 0.186 e. The second-order valence-electron chi connectivity index (χ2n) is 22.8. The van der Waals surface area contributed by atoms with E-state index in [1.54, 1.807) is 6.07 Å². The Morgan fingerprint density at radius 1 is 0.538 bits per heavy atom. The zero-order valence-corrected chi connectivity index (χ0v) is 40.3. The van der Waals surface area contributed by atoms with Gasteiger partial charge in [0, 0.05) is 50.9 Å². The fourth-order valence-corrected chi connectivity index (χ4v) is 10.1. The van der Waals surface area contributed by atoms with E-state index >= 15 is 0 Å². The number of para-hydroxylation sites is 1. The van der Waals surface area contributed by atoms with Crippen molar-refractivity contribution in [2.75, 3.05) is 6.67 Å². The molecule has 8 aromatic rings. The van der Waals surface area contributed by atoms with Gasteiger partial charge in [-0.3, -0.25) is 13.5 Å². The highest BCUT2D eigenvalue weighted by Crippen LogP contribution is 2.66. The molecule has 0 aliphatic carbocycles. The Kier molecular flexibility index (Phi) is 8.78. The summed E-state index contributed by atoms with van der Waals surface area (Å²) in [5, 5.41) is 2.26. The number of hydrogen-bond donors (Lipinski definition) is 0. The molecule has 0 unspecified atom stereocenters. The van der Waals surface area contributed by atoms with Crippen molar-refractivity contribution in [1.82, 2.24) is 18.5 Å². The zero-order chi connectivity index (χ0) is 48.6. The van der Waals surface area contributed by atoms with Gasteiger partial charge in [0.1, 0.15) is 28.7 Å². The number of rotatable bonds is 6. The second kappa shape index (κ2) is 14.5. The predicted octanol–water partition coefficient (Wildman–Crippen LogP) is 16.5. The summed E-state index contributed by atoms with van der Waals surface area (Å²) in [5.74, 6) is 2.27. The first-order valence-corrected chi connectivity index (χ1v) is 23.1. The van der Waals surface area contributed by atoms with Crippen LogP contribution >= 0.6 is 0 Å². The van der Waals surface area contributed by atoms with Crippen LogP contribution in [0.3, 0.4) is 0 Å². The average molecular weight is 861 g/mol. The lowest BCUT2D eigenvalue weighted by molar-refractivity contribution is 0.186. The van der Waals surface area contributed by atoms with Crippen LogP contribution in [0.1, 0.15) is 115 Å². The number of ether oxygens (including phenoxy) is 1. The fraction of sp³-hybridized carbons (Fsp3) is 0.300. The third kappa shape index (κ3) is 7.10. The molecule has 65 heavy (non-hydrogen) atoms. The molecule has 2 bridgehead atoms. The minimum absolute atomic E-state index is 0.00211. The summed E-state index contributed by atoms with van der Waals surface area (Å²) in [6, 6.07) is 47.4. The summed E-state index contributed by atoms with van der Waals surface area (Å²) in [6.07, 6.45) is 1.92. The third-order valence-corrected chi connectivity index (χ3v) is 13.9. The van der Waals surface area contributed by atoms with E-state index in [4.69, 9.17) is 13.8 Å². The molecule has 0 amide bonds. The highest BCUT2D eigenvalue weighted by molar-refractivity contribution is 6.10. The maximum atomic E-state index is 8.65. The molecule has 0 spiro atoms. The molecule has 5 heterocycles. The lowest BCUT2D eigenvalue weighted by atomic mass is 9.79. The first-order valence-electron chi connectivity index (χ1n) is 24.6. The third-order valence-electron chi connectivity index (χ3n) is 13.9. The van der Waals surface area contributed by atoms with Crippen LogP contribution in [0, 0.1) is 13.5 Å². The first-order chi connectivity index (χ1) is 31.8. The largest absolute Gasteiger partial charge is 0.457 e. The lowest BCUT2D eigenvalue weighted by Gasteiger charge is -2.56. The van der Waals surface area contributed by atoms with Crippen LogP contribution in [0.15, 0.2) is 140 Å². The molecule has 6 aromatic carbocycles. The topological polar surface area (TPSA) is 27.1 Å². The predicted molar refractivity (Wildman–Crippen MR) is 275 cm³/mol. The number of aromatic nitrogens is 2. The molecule has 330 valence electrons. The van der Waals surface area contributed by atoms with Crippen molar-refractivity contribution in [3.63, 3.8) is 0 Å². The van der Waals surface area contributed by atoms with Crippen LogP contribution in [-0.4, -0.2) is 16.2 Å². The Morgan fingerprint density at radius 3 is 1.85 bits per heavy atom. The van der Waals surface area contributed by atoms with Gasteiger partial charge in [0.2, 0.25) is 0 Å². The Bertz CT molecular complexity index is 3270. The van der Waals surface area contributed by atoms with E-state index in [9.17, 15) is 0 Å². The van der Waals surface area contributed by atoms with Crippen LogP contribution in [-0.2, 0) is 21.7 Å². The number of nitrogens with zero attached hydrogens (tertiary/aromatic N) is 4. The molecule has 5 heteroatoms. The number of quaternary nitrogens is 2. The number of pyridine rings is 1. The summed E-state index contributed by atoms with van der Waals surface area (Å²) in [7, 11) is 0. The molecule has 0 radical (unpaired) electrons. The van der Waals surface area contributed by atoms with E-state index in [1.165, 1.54) is 33.4 Å². The molecule has 11 rings (SSSR count). The molecular weight excluding hydrogens is 793 g/mol. The van der Waals surface area contributed by atoms with Gasteiger partial charge >= 0.3 is 0 Å². The maximum absolute atomic E-state index is 8.65. The van der Waals surface area contributed by atoms with Gasteiger partial charge in [-0.25, -0.2) is 4.98 Å². The van der Waals surface area contributed by atoms with Crippen molar-refractivity contribution in [3.8, 4) is 28.4 Å². The lowest BCUT2D eigenvalue weighted by Crippen LogP contribution is -2.67. The van der Waals surface area contributed by atoms with E-state index in [0.29, 0.717) is 32.7 Å². The summed E-state index contributed by atoms with van der Waals surface area (Å²) >= 11 is 0. The molecular formula is C60H65N4O+. The molecule has 3 aliphatic rings. The molecule has 5 nitrogen and oxygen atoms in total. The minimum Gasteiger partial charge on any atom is -0.457 e. The molecule has 2 atom stereocenters. The fourth-order valence-electron chi connectivity index (χ4n) is 10.1. The summed E-state index contributed by atoms with van der Waals surface area (Å²) < 4.78 is 35.9. The normalized spacial score (nSPS) is 19.4. The van der Waals surface area contributed by atoms with Crippen LogP contribution in [0.25, 0.3) is 38.8 Å². The van der Waals surface area contributed by atoms with E-state index in [-0.39, 0.29) is 21.7 Å². The van der Waals surface area contributed by atoms with Crippen LogP contribution < -0.4 is 13.7 Å². The monoisotopic (exact) mass is 861 g/mol. The number of hydrogen-bond acceptors (Lipinski definition) is 2. The number of fused-ring (bicyclic) bond motifs is 3. The first kappa shape index (κ1) is 39.4. The van der Waals surface area contributed by atoms with Gasteiger partial charge in [-0.15, -0.1) is 0 Å². The molecule has 1 saturated heterocycles. The van der Waals surface area contributed by atoms with Crippen molar-refractivity contribution >= 4 is 44.6 Å². The van der Waals surface area contributed by atoms with Crippen LogP contribution in [0.2, 0.25) is 0 Å². The molecule has 1 fully saturated rings. The van der Waals surface area contributed by atoms with Gasteiger partial charge in [0.25, 0.3) is 0 Å². The summed E-state index contributed by atoms with van der Waals surface area (Å²) in [6.45, 7) is 27.7. The van der Waals surface area contributed by atoms with Crippen molar-refractivity contribution in [2.45, 2.75) is 112 Å². The van der Waals surface area contributed by atoms with Crippen molar-refractivity contribution < 1.29 is 8.85 Å².